The number of carbonyl (C=O) groups is 1. The first kappa shape index (κ1) is 24.9. The number of hydrogen-bond donors (Lipinski definition) is 2. The van der Waals surface area contributed by atoms with Crippen molar-refractivity contribution in [3.05, 3.63) is 28.8 Å². The van der Waals surface area contributed by atoms with Gasteiger partial charge in [-0.3, -0.25) is 4.79 Å². The highest BCUT2D eigenvalue weighted by Gasteiger charge is 2.35. The molecule has 0 amide bonds. The van der Waals surface area contributed by atoms with Gasteiger partial charge in [-0.25, -0.2) is 0 Å². The molecule has 2 aromatic rings. The maximum absolute atomic E-state index is 12.9. The van der Waals surface area contributed by atoms with Crippen molar-refractivity contribution in [2.24, 2.45) is 11.8 Å². The van der Waals surface area contributed by atoms with Crippen LogP contribution in [0.2, 0.25) is 0 Å². The number of aliphatic carboxylic acids is 1. The number of benzene rings is 1. The maximum atomic E-state index is 12.9. The second-order valence-corrected chi connectivity index (χ2v) is 9.48. The largest absolute Gasteiger partial charge is 0.481 e. The Morgan fingerprint density at radius 3 is 2.23 bits per heavy atom. The summed E-state index contributed by atoms with van der Waals surface area (Å²) in [4.78, 5) is 13.3. The highest BCUT2D eigenvalue weighted by atomic mass is 32.1. The first-order valence-corrected chi connectivity index (χ1v) is 11.0. The predicted molar refractivity (Wildman–Crippen MR) is 117 cm³/mol. The second kappa shape index (κ2) is 10.3. The number of nitrogens with zero attached hydrogens (tertiary/aromatic N) is 3. The Labute approximate surface area is 184 Å². The molecule has 0 aliphatic heterocycles. The molecule has 1 heterocycles. The summed E-state index contributed by atoms with van der Waals surface area (Å²) in [6.45, 7) is 11.7. The molecular weight excluding hydrogens is 429 g/mol. The monoisotopic (exact) mass is 458 g/mol. The Hall–Kier alpha value is -2.36. The van der Waals surface area contributed by atoms with E-state index in [1.165, 1.54) is 0 Å². The minimum atomic E-state index is -4.56. The van der Waals surface area contributed by atoms with Crippen LogP contribution in [0, 0.1) is 11.8 Å². The molecule has 10 heteroatoms. The van der Waals surface area contributed by atoms with E-state index in [0.29, 0.717) is 28.9 Å². The van der Waals surface area contributed by atoms with E-state index in [1.807, 2.05) is 12.1 Å². The van der Waals surface area contributed by atoms with E-state index < -0.39 is 17.2 Å². The number of hydrogen-bond acceptors (Lipinski definition) is 6. The van der Waals surface area contributed by atoms with Crippen LogP contribution in [0.4, 0.5) is 29.7 Å². The van der Waals surface area contributed by atoms with Crippen LogP contribution in [0.1, 0.15) is 57.5 Å². The number of nitrogens with one attached hydrogen (secondary N) is 1. The lowest BCUT2D eigenvalue weighted by Crippen LogP contribution is -2.31. The number of halogens is 3. The molecule has 31 heavy (non-hydrogen) atoms. The summed E-state index contributed by atoms with van der Waals surface area (Å²) in [5.41, 5.74) is 2.20. The van der Waals surface area contributed by atoms with Gasteiger partial charge in [0.25, 0.3) is 0 Å². The summed E-state index contributed by atoms with van der Waals surface area (Å²) in [7, 11) is 0. The predicted octanol–water partition coefficient (Wildman–Crippen LogP) is 6.00. The third kappa shape index (κ3) is 7.37. The zero-order chi connectivity index (χ0) is 23.3. The van der Waals surface area contributed by atoms with E-state index in [1.54, 1.807) is 13.0 Å². The quantitative estimate of drug-likeness (QED) is 0.455. The van der Waals surface area contributed by atoms with Gasteiger partial charge in [0.2, 0.25) is 10.1 Å². The van der Waals surface area contributed by atoms with Gasteiger partial charge in [0.05, 0.1) is 17.8 Å². The molecule has 0 bridgehead atoms. The first-order valence-electron chi connectivity index (χ1n) is 10.1. The number of carboxylic acids is 1. The third-order valence-electron chi connectivity index (χ3n) is 4.49. The summed E-state index contributed by atoms with van der Waals surface area (Å²) in [6.07, 6.45) is -4.60. The van der Waals surface area contributed by atoms with E-state index >= 15 is 0 Å². The van der Waals surface area contributed by atoms with Gasteiger partial charge >= 0.3 is 12.1 Å². The number of aromatic nitrogens is 2. The molecule has 0 aliphatic rings. The van der Waals surface area contributed by atoms with E-state index in [2.05, 4.69) is 48.1 Å². The summed E-state index contributed by atoms with van der Waals surface area (Å²) < 4.78 is 38.8. The molecule has 1 aromatic heterocycles. The Morgan fingerprint density at radius 1 is 1.13 bits per heavy atom. The minimum Gasteiger partial charge on any atom is -0.481 e. The van der Waals surface area contributed by atoms with Gasteiger partial charge in [-0.15, -0.1) is 10.2 Å². The van der Waals surface area contributed by atoms with Crippen molar-refractivity contribution in [2.75, 3.05) is 23.3 Å². The Balaban J connectivity index is 2.47. The average molecular weight is 459 g/mol. The number of rotatable bonds is 10. The maximum Gasteiger partial charge on any atom is 0.445 e. The van der Waals surface area contributed by atoms with Gasteiger partial charge in [-0.2, -0.15) is 13.2 Å². The highest BCUT2D eigenvalue weighted by Crippen LogP contribution is 2.37. The van der Waals surface area contributed by atoms with Crippen molar-refractivity contribution in [1.29, 1.82) is 0 Å². The van der Waals surface area contributed by atoms with E-state index in [4.69, 9.17) is 5.11 Å². The van der Waals surface area contributed by atoms with Gasteiger partial charge in [-0.05, 0) is 35.4 Å². The Kier molecular flexibility index (Phi) is 8.27. The van der Waals surface area contributed by atoms with Crippen molar-refractivity contribution < 1.29 is 23.1 Å². The van der Waals surface area contributed by atoms with Crippen LogP contribution in [-0.4, -0.2) is 34.4 Å². The molecule has 0 spiro atoms. The summed E-state index contributed by atoms with van der Waals surface area (Å²) >= 11 is 0.437. The zero-order valence-electron chi connectivity index (χ0n) is 18.3. The second-order valence-electron chi connectivity index (χ2n) is 8.50. The van der Waals surface area contributed by atoms with Crippen LogP contribution < -0.4 is 10.2 Å². The zero-order valence-corrected chi connectivity index (χ0v) is 19.1. The number of carboxylic acid groups (broad SMARTS) is 1. The lowest BCUT2D eigenvalue weighted by molar-refractivity contribution is -0.138. The van der Waals surface area contributed by atoms with E-state index in [-0.39, 0.29) is 17.5 Å². The average Bonchev–Trinajstić information content (AvgIpc) is 3.08. The third-order valence-corrected chi connectivity index (χ3v) is 5.37. The molecule has 1 unspecified atom stereocenters. The fraction of sp³-hybridized carbons (Fsp3) is 0.571. The molecule has 0 saturated heterocycles. The van der Waals surface area contributed by atoms with Crippen LogP contribution in [0.25, 0.3) is 0 Å². The van der Waals surface area contributed by atoms with Gasteiger partial charge in [-0.1, -0.05) is 52.0 Å². The molecule has 1 aromatic carbocycles. The number of alkyl halides is 3. The van der Waals surface area contributed by atoms with Crippen molar-refractivity contribution in [2.45, 2.75) is 53.1 Å². The molecule has 0 saturated carbocycles. The summed E-state index contributed by atoms with van der Waals surface area (Å²) in [6, 6.07) is 5.57. The normalized spacial score (nSPS) is 13.0. The SMILES string of the molecule is CC(C)CN(CC(C)C)c1ccc(C(C)CC(=O)O)cc1Nc1nnc(C(F)(F)F)s1. The Morgan fingerprint density at radius 2 is 1.74 bits per heavy atom. The fourth-order valence-corrected chi connectivity index (χ4v) is 3.90. The molecule has 0 fully saturated rings. The van der Waals surface area contributed by atoms with Gasteiger partial charge in [0.1, 0.15) is 0 Å². The minimum absolute atomic E-state index is 0.0330. The van der Waals surface area contributed by atoms with Crippen LogP contribution in [0.5, 0.6) is 0 Å². The standard InChI is InChI=1S/C21H29F3N4O2S/c1-12(2)10-28(11-13(3)4)17-7-6-15(14(5)8-18(29)30)9-16(17)25-20-27-26-19(31-20)21(22,23)24/h6-7,9,12-14H,8,10-11H2,1-5H3,(H,25,27)(H,29,30). The summed E-state index contributed by atoms with van der Waals surface area (Å²) in [5, 5.41) is 18.0. The van der Waals surface area contributed by atoms with Crippen LogP contribution in [-0.2, 0) is 11.0 Å². The van der Waals surface area contributed by atoms with Gasteiger partial charge in [0.15, 0.2) is 0 Å². The van der Waals surface area contributed by atoms with E-state index in [9.17, 15) is 18.0 Å². The Bertz CT molecular complexity index is 874. The van der Waals surface area contributed by atoms with Crippen molar-refractivity contribution in [1.82, 2.24) is 10.2 Å². The first-order chi connectivity index (χ1) is 14.4. The lowest BCUT2D eigenvalue weighted by atomic mass is 9.96. The molecular formula is C21H29F3N4O2S. The van der Waals surface area contributed by atoms with Gasteiger partial charge < -0.3 is 15.3 Å². The van der Waals surface area contributed by atoms with Crippen molar-refractivity contribution in [3.63, 3.8) is 0 Å². The molecule has 6 nitrogen and oxygen atoms in total. The molecule has 2 rings (SSSR count). The molecule has 0 radical (unpaired) electrons. The van der Waals surface area contributed by atoms with Crippen LogP contribution >= 0.6 is 11.3 Å². The van der Waals surface area contributed by atoms with Crippen LogP contribution in [0.3, 0.4) is 0 Å². The lowest BCUT2D eigenvalue weighted by Gasteiger charge is -2.31. The smallest absolute Gasteiger partial charge is 0.445 e. The number of anilines is 3. The highest BCUT2D eigenvalue weighted by molar-refractivity contribution is 7.15. The van der Waals surface area contributed by atoms with Gasteiger partial charge in [0, 0.05) is 13.1 Å². The topological polar surface area (TPSA) is 78.4 Å². The fourth-order valence-electron chi connectivity index (χ4n) is 3.27. The van der Waals surface area contributed by atoms with Crippen molar-refractivity contribution in [3.8, 4) is 0 Å². The molecule has 1 atom stereocenters. The summed E-state index contributed by atoms with van der Waals surface area (Å²) in [5.74, 6) is -0.423. The van der Waals surface area contributed by atoms with Crippen molar-refractivity contribution >= 4 is 33.8 Å². The molecule has 2 N–H and O–H groups in total. The van der Waals surface area contributed by atoms with E-state index in [0.717, 1.165) is 24.3 Å². The molecule has 172 valence electrons. The molecule has 0 aliphatic carbocycles. The van der Waals surface area contributed by atoms with Crippen LogP contribution in [0.15, 0.2) is 18.2 Å².